The lowest BCUT2D eigenvalue weighted by atomic mass is 10.1. The Balaban J connectivity index is 1.45. The van der Waals surface area contributed by atoms with E-state index in [9.17, 15) is 9.59 Å². The van der Waals surface area contributed by atoms with Gasteiger partial charge >= 0.3 is 0 Å². The quantitative estimate of drug-likeness (QED) is 0.651. The highest BCUT2D eigenvalue weighted by Crippen LogP contribution is 2.22. The summed E-state index contributed by atoms with van der Waals surface area (Å²) in [6.45, 7) is 8.02. The third-order valence-electron chi connectivity index (χ3n) is 5.77. The standard InChI is InChI=1S/C22H28N4O2S/c1-15-12-17-18(13-16(15)2)26-20(27)14-19(29-22(26)24-17)21(28)23-8-7-11-25-9-5-3-4-6-10-25/h12-14H,3-11H2,1-2H3,(H,23,28). The van der Waals surface area contributed by atoms with Gasteiger partial charge in [-0.05, 0) is 76.0 Å². The maximum Gasteiger partial charge on any atom is 0.261 e. The highest BCUT2D eigenvalue weighted by Gasteiger charge is 2.15. The fourth-order valence-electron chi connectivity index (χ4n) is 3.96. The number of nitrogens with zero attached hydrogens (tertiary/aromatic N) is 3. The predicted octanol–water partition coefficient (Wildman–Crippen LogP) is 3.52. The van der Waals surface area contributed by atoms with Crippen LogP contribution in [0, 0.1) is 13.8 Å². The number of carbonyl (C=O) groups is 1. The number of fused-ring (bicyclic) bond motifs is 3. The van der Waals surface area contributed by atoms with Gasteiger partial charge in [0, 0.05) is 12.6 Å². The van der Waals surface area contributed by atoms with Gasteiger partial charge in [-0.2, -0.15) is 0 Å². The number of rotatable bonds is 5. The van der Waals surface area contributed by atoms with Gasteiger partial charge in [-0.15, -0.1) is 0 Å². The lowest BCUT2D eigenvalue weighted by Gasteiger charge is -2.19. The molecule has 1 fully saturated rings. The van der Waals surface area contributed by atoms with Crippen molar-refractivity contribution in [2.24, 2.45) is 0 Å². The number of aromatic nitrogens is 2. The fourth-order valence-corrected chi connectivity index (χ4v) is 4.90. The molecule has 0 aliphatic carbocycles. The van der Waals surface area contributed by atoms with Crippen LogP contribution in [-0.4, -0.2) is 46.4 Å². The number of amides is 1. The molecule has 1 aromatic carbocycles. The molecule has 0 saturated carbocycles. The number of benzene rings is 1. The van der Waals surface area contributed by atoms with E-state index in [-0.39, 0.29) is 11.5 Å². The Kier molecular flexibility index (Phi) is 5.96. The highest BCUT2D eigenvalue weighted by atomic mass is 32.1. The summed E-state index contributed by atoms with van der Waals surface area (Å²) in [5.41, 5.74) is 3.64. The Labute approximate surface area is 174 Å². The van der Waals surface area contributed by atoms with Crippen molar-refractivity contribution in [1.29, 1.82) is 0 Å². The summed E-state index contributed by atoms with van der Waals surface area (Å²) in [5, 5.41) is 2.97. The third kappa shape index (κ3) is 4.36. The molecule has 2 aromatic heterocycles. The summed E-state index contributed by atoms with van der Waals surface area (Å²) in [5.74, 6) is -0.190. The van der Waals surface area contributed by atoms with Gasteiger partial charge in [0.25, 0.3) is 11.5 Å². The van der Waals surface area contributed by atoms with Crippen LogP contribution < -0.4 is 10.9 Å². The zero-order chi connectivity index (χ0) is 20.4. The Morgan fingerprint density at radius 2 is 1.83 bits per heavy atom. The van der Waals surface area contributed by atoms with Crippen molar-refractivity contribution in [3.05, 3.63) is 44.6 Å². The van der Waals surface area contributed by atoms with Crippen molar-refractivity contribution in [2.45, 2.75) is 46.0 Å². The maximum absolute atomic E-state index is 12.7. The van der Waals surface area contributed by atoms with Crippen LogP contribution in [0.2, 0.25) is 0 Å². The molecule has 0 radical (unpaired) electrons. The molecule has 0 spiro atoms. The van der Waals surface area contributed by atoms with Crippen LogP contribution in [0.4, 0.5) is 0 Å². The molecule has 1 amide bonds. The monoisotopic (exact) mass is 412 g/mol. The molecule has 3 heterocycles. The van der Waals surface area contributed by atoms with E-state index in [4.69, 9.17) is 0 Å². The number of hydrogen-bond acceptors (Lipinski definition) is 5. The molecule has 0 bridgehead atoms. The molecule has 1 N–H and O–H groups in total. The number of aryl methyl sites for hydroxylation is 2. The predicted molar refractivity (Wildman–Crippen MR) is 118 cm³/mol. The zero-order valence-corrected chi connectivity index (χ0v) is 18.0. The zero-order valence-electron chi connectivity index (χ0n) is 17.2. The summed E-state index contributed by atoms with van der Waals surface area (Å²) in [6, 6.07) is 5.41. The Morgan fingerprint density at radius 3 is 2.59 bits per heavy atom. The van der Waals surface area contributed by atoms with Crippen LogP contribution in [0.1, 0.15) is 52.9 Å². The normalized spacial score (nSPS) is 15.7. The van der Waals surface area contributed by atoms with Gasteiger partial charge in [-0.1, -0.05) is 24.2 Å². The number of nitrogens with one attached hydrogen (secondary N) is 1. The molecule has 4 rings (SSSR count). The fraction of sp³-hybridized carbons (Fsp3) is 0.500. The maximum atomic E-state index is 12.7. The van der Waals surface area contributed by atoms with Crippen LogP contribution in [0.3, 0.4) is 0 Å². The Hall–Kier alpha value is -2.25. The second kappa shape index (κ2) is 8.63. The Morgan fingerprint density at radius 1 is 1.10 bits per heavy atom. The van der Waals surface area contributed by atoms with Crippen LogP contribution >= 0.6 is 11.3 Å². The largest absolute Gasteiger partial charge is 0.351 e. The number of likely N-dealkylation sites (tertiary alicyclic amines) is 1. The molecule has 0 atom stereocenters. The van der Waals surface area contributed by atoms with Gasteiger partial charge in [0.2, 0.25) is 0 Å². The lowest BCUT2D eigenvalue weighted by Crippen LogP contribution is -2.31. The van der Waals surface area contributed by atoms with E-state index < -0.39 is 0 Å². The molecule has 1 aliphatic rings. The highest BCUT2D eigenvalue weighted by molar-refractivity contribution is 7.18. The van der Waals surface area contributed by atoms with Crippen molar-refractivity contribution in [2.75, 3.05) is 26.2 Å². The summed E-state index contributed by atoms with van der Waals surface area (Å²) in [7, 11) is 0. The van der Waals surface area contributed by atoms with Gasteiger partial charge < -0.3 is 10.2 Å². The summed E-state index contributed by atoms with van der Waals surface area (Å²) >= 11 is 1.26. The van der Waals surface area contributed by atoms with Gasteiger partial charge in [0.1, 0.15) is 4.88 Å². The van der Waals surface area contributed by atoms with Crippen molar-refractivity contribution >= 4 is 33.2 Å². The molecular formula is C22H28N4O2S. The van der Waals surface area contributed by atoms with E-state index in [1.54, 1.807) is 4.40 Å². The van der Waals surface area contributed by atoms with E-state index in [1.165, 1.54) is 56.2 Å². The van der Waals surface area contributed by atoms with E-state index >= 15 is 0 Å². The van der Waals surface area contributed by atoms with E-state index in [1.807, 2.05) is 26.0 Å². The molecule has 3 aromatic rings. The van der Waals surface area contributed by atoms with Crippen molar-refractivity contribution in [1.82, 2.24) is 19.6 Å². The van der Waals surface area contributed by atoms with E-state index in [0.29, 0.717) is 16.4 Å². The number of carbonyl (C=O) groups excluding carboxylic acids is 1. The van der Waals surface area contributed by atoms with Crippen molar-refractivity contribution < 1.29 is 4.79 Å². The van der Waals surface area contributed by atoms with Crippen molar-refractivity contribution in [3.8, 4) is 0 Å². The van der Waals surface area contributed by atoms with E-state index in [2.05, 4.69) is 15.2 Å². The van der Waals surface area contributed by atoms with Gasteiger partial charge in [0.15, 0.2) is 4.96 Å². The minimum Gasteiger partial charge on any atom is -0.351 e. The molecule has 7 heteroatoms. The SMILES string of the molecule is Cc1cc2nc3sc(C(=O)NCCCN4CCCCCC4)cc(=O)n3c2cc1C. The van der Waals surface area contributed by atoms with E-state index in [0.717, 1.165) is 35.1 Å². The number of imidazole rings is 1. The third-order valence-corrected chi connectivity index (χ3v) is 6.75. The summed E-state index contributed by atoms with van der Waals surface area (Å²) in [4.78, 5) is 33.3. The van der Waals surface area contributed by atoms with Gasteiger partial charge in [-0.25, -0.2) is 4.98 Å². The van der Waals surface area contributed by atoms with Crippen LogP contribution in [0.5, 0.6) is 0 Å². The first-order valence-electron chi connectivity index (χ1n) is 10.5. The second-order valence-electron chi connectivity index (χ2n) is 7.97. The van der Waals surface area contributed by atoms with Crippen LogP contribution in [0.25, 0.3) is 16.0 Å². The second-order valence-corrected chi connectivity index (χ2v) is 8.98. The molecule has 29 heavy (non-hydrogen) atoms. The molecule has 6 nitrogen and oxygen atoms in total. The molecule has 1 saturated heterocycles. The minimum atomic E-state index is -0.209. The summed E-state index contributed by atoms with van der Waals surface area (Å²) in [6.07, 6.45) is 6.14. The Bertz CT molecular complexity index is 1090. The average molecular weight is 413 g/mol. The smallest absolute Gasteiger partial charge is 0.261 e. The minimum absolute atomic E-state index is 0.190. The summed E-state index contributed by atoms with van der Waals surface area (Å²) < 4.78 is 1.60. The van der Waals surface area contributed by atoms with Gasteiger partial charge in [0.05, 0.1) is 11.0 Å². The van der Waals surface area contributed by atoms with Gasteiger partial charge in [-0.3, -0.25) is 14.0 Å². The van der Waals surface area contributed by atoms with Crippen LogP contribution in [0.15, 0.2) is 23.0 Å². The first-order chi connectivity index (χ1) is 14.0. The molecular weight excluding hydrogens is 384 g/mol. The average Bonchev–Trinajstić information content (AvgIpc) is 2.87. The topological polar surface area (TPSA) is 66.7 Å². The van der Waals surface area contributed by atoms with Crippen molar-refractivity contribution in [3.63, 3.8) is 0 Å². The lowest BCUT2D eigenvalue weighted by molar-refractivity contribution is 0.0955. The van der Waals surface area contributed by atoms with Crippen LogP contribution in [-0.2, 0) is 0 Å². The first kappa shape index (κ1) is 20.0. The number of hydrogen-bond donors (Lipinski definition) is 1. The molecule has 1 aliphatic heterocycles. The first-order valence-corrected chi connectivity index (χ1v) is 11.3. The molecule has 154 valence electrons. The molecule has 0 unspecified atom stereocenters.